The van der Waals surface area contributed by atoms with Crippen LogP contribution in [0.1, 0.15) is 19.8 Å². The molecule has 1 heterocycles. The van der Waals surface area contributed by atoms with Gasteiger partial charge in [-0.25, -0.2) is 0 Å². The molecule has 1 rings (SSSR count). The van der Waals surface area contributed by atoms with E-state index in [4.69, 9.17) is 10.2 Å². The number of carboxylic acids is 1. The van der Waals surface area contributed by atoms with Crippen LogP contribution in [0.25, 0.3) is 0 Å². The quantitative estimate of drug-likeness (QED) is 0.591. The van der Waals surface area contributed by atoms with E-state index in [0.29, 0.717) is 12.8 Å². The molecule has 100 valence electrons. The van der Waals surface area contributed by atoms with Crippen LogP contribution in [0.4, 0.5) is 0 Å². The number of carboxylic acid groups (broad SMARTS) is 1. The van der Waals surface area contributed by atoms with Crippen molar-refractivity contribution in [1.29, 1.82) is 0 Å². The molecule has 1 fully saturated rings. The number of carbonyl (C=O) groups is 1. The zero-order chi connectivity index (χ0) is 13.1. The summed E-state index contributed by atoms with van der Waals surface area (Å²) in [6.07, 6.45) is 0.646. The fraction of sp³-hybridized carbons (Fsp3) is 0.889. The van der Waals surface area contributed by atoms with Crippen LogP contribution < -0.4 is 4.72 Å². The van der Waals surface area contributed by atoms with Crippen molar-refractivity contribution in [3.8, 4) is 0 Å². The van der Waals surface area contributed by atoms with Gasteiger partial charge in [0.2, 0.25) is 0 Å². The van der Waals surface area contributed by atoms with E-state index in [1.165, 1.54) is 4.31 Å². The zero-order valence-electron chi connectivity index (χ0n) is 9.66. The molecule has 0 saturated carbocycles. The Morgan fingerprint density at radius 3 is 2.41 bits per heavy atom. The normalized spacial score (nSPS) is 21.3. The summed E-state index contributed by atoms with van der Waals surface area (Å²) in [6, 6.07) is -0.544. The summed E-state index contributed by atoms with van der Waals surface area (Å²) in [5.74, 6) is -1.34. The summed E-state index contributed by atoms with van der Waals surface area (Å²) < 4.78 is 27.1. The van der Waals surface area contributed by atoms with Crippen LogP contribution in [0.3, 0.4) is 0 Å². The predicted octanol–water partition coefficient (Wildman–Crippen LogP) is -1.00. The van der Waals surface area contributed by atoms with E-state index < -0.39 is 28.1 Å². The lowest BCUT2D eigenvalue weighted by Gasteiger charge is -2.30. The van der Waals surface area contributed by atoms with Gasteiger partial charge in [0, 0.05) is 19.1 Å². The van der Waals surface area contributed by atoms with Crippen LogP contribution in [-0.2, 0) is 15.0 Å². The highest BCUT2D eigenvalue weighted by molar-refractivity contribution is 7.87. The number of hydrogen-bond donors (Lipinski definition) is 3. The second-order valence-electron chi connectivity index (χ2n) is 4.22. The number of nitrogens with one attached hydrogen (secondary N) is 1. The van der Waals surface area contributed by atoms with Crippen LogP contribution in [0.5, 0.6) is 0 Å². The van der Waals surface area contributed by atoms with Crippen molar-refractivity contribution in [2.75, 3.05) is 19.7 Å². The van der Waals surface area contributed by atoms with Gasteiger partial charge < -0.3 is 10.2 Å². The Kier molecular flexibility index (Phi) is 4.87. The van der Waals surface area contributed by atoms with E-state index in [1.54, 1.807) is 6.92 Å². The third-order valence-corrected chi connectivity index (χ3v) is 4.51. The molecule has 0 radical (unpaired) electrons. The van der Waals surface area contributed by atoms with Crippen molar-refractivity contribution < 1.29 is 23.4 Å². The van der Waals surface area contributed by atoms with Gasteiger partial charge in [-0.05, 0) is 19.8 Å². The van der Waals surface area contributed by atoms with E-state index in [-0.39, 0.29) is 19.7 Å². The summed E-state index contributed by atoms with van der Waals surface area (Å²) >= 11 is 0. The number of nitrogens with zero attached hydrogens (tertiary/aromatic N) is 1. The first kappa shape index (κ1) is 14.4. The highest BCUT2D eigenvalue weighted by Gasteiger charge is 2.31. The average Bonchev–Trinajstić information content (AvgIpc) is 2.28. The summed E-state index contributed by atoms with van der Waals surface area (Å²) in [5, 5.41) is 17.6. The number of aliphatic carboxylic acids is 1. The van der Waals surface area contributed by atoms with Crippen molar-refractivity contribution in [3.05, 3.63) is 0 Å². The van der Waals surface area contributed by atoms with Gasteiger partial charge in [0.25, 0.3) is 10.2 Å². The van der Waals surface area contributed by atoms with Crippen LogP contribution in [0, 0.1) is 5.92 Å². The molecule has 0 amide bonds. The van der Waals surface area contributed by atoms with Gasteiger partial charge in [-0.15, -0.1) is 0 Å². The van der Waals surface area contributed by atoms with Crippen molar-refractivity contribution >= 4 is 16.2 Å². The fourth-order valence-corrected chi connectivity index (χ4v) is 3.13. The average molecular weight is 266 g/mol. The first-order valence-electron chi connectivity index (χ1n) is 5.48. The van der Waals surface area contributed by atoms with Crippen molar-refractivity contribution in [2.24, 2.45) is 5.92 Å². The van der Waals surface area contributed by atoms with E-state index in [2.05, 4.69) is 4.72 Å². The molecular weight excluding hydrogens is 248 g/mol. The minimum atomic E-state index is -3.61. The summed E-state index contributed by atoms with van der Waals surface area (Å²) in [6.45, 7) is 1.68. The molecule has 0 spiro atoms. The summed E-state index contributed by atoms with van der Waals surface area (Å²) in [5.41, 5.74) is 0. The van der Waals surface area contributed by atoms with Gasteiger partial charge in [0.15, 0.2) is 0 Å². The van der Waals surface area contributed by atoms with Gasteiger partial charge in [0.05, 0.1) is 12.5 Å². The second-order valence-corrected chi connectivity index (χ2v) is 5.92. The van der Waals surface area contributed by atoms with Gasteiger partial charge >= 0.3 is 5.97 Å². The number of rotatable bonds is 5. The topological polar surface area (TPSA) is 107 Å². The largest absolute Gasteiger partial charge is 0.481 e. The van der Waals surface area contributed by atoms with Crippen LogP contribution in [0.15, 0.2) is 0 Å². The molecule has 1 aliphatic heterocycles. The number of piperidine rings is 1. The van der Waals surface area contributed by atoms with Crippen molar-refractivity contribution in [1.82, 2.24) is 9.03 Å². The highest BCUT2D eigenvalue weighted by Crippen LogP contribution is 2.19. The first-order valence-corrected chi connectivity index (χ1v) is 6.92. The number of aliphatic hydroxyl groups is 1. The highest BCUT2D eigenvalue weighted by atomic mass is 32.2. The van der Waals surface area contributed by atoms with E-state index in [1.807, 2.05) is 0 Å². The molecule has 1 atom stereocenters. The lowest BCUT2D eigenvalue weighted by molar-refractivity contribution is -0.142. The molecule has 0 aromatic heterocycles. The number of aliphatic hydroxyl groups excluding tert-OH is 1. The lowest BCUT2D eigenvalue weighted by atomic mass is 9.99. The van der Waals surface area contributed by atoms with Gasteiger partial charge in [-0.1, -0.05) is 0 Å². The molecule has 0 unspecified atom stereocenters. The van der Waals surface area contributed by atoms with E-state index in [0.717, 1.165) is 0 Å². The Bertz CT molecular complexity index is 362. The molecule has 1 saturated heterocycles. The van der Waals surface area contributed by atoms with Gasteiger partial charge in [-0.2, -0.15) is 17.4 Å². The molecule has 7 nitrogen and oxygen atoms in total. The van der Waals surface area contributed by atoms with E-state index >= 15 is 0 Å². The Balaban J connectivity index is 2.56. The third kappa shape index (κ3) is 3.91. The molecule has 8 heteroatoms. The lowest BCUT2D eigenvalue weighted by Crippen LogP contribution is -2.49. The third-order valence-electron chi connectivity index (χ3n) is 2.77. The molecule has 0 aromatic carbocycles. The minimum absolute atomic E-state index is 0.199. The van der Waals surface area contributed by atoms with Gasteiger partial charge in [0.1, 0.15) is 0 Å². The monoisotopic (exact) mass is 266 g/mol. The van der Waals surface area contributed by atoms with Gasteiger partial charge in [-0.3, -0.25) is 4.79 Å². The number of hydrogen-bond acceptors (Lipinski definition) is 4. The first-order chi connectivity index (χ1) is 7.86. The van der Waals surface area contributed by atoms with Crippen LogP contribution >= 0.6 is 0 Å². The minimum Gasteiger partial charge on any atom is -0.481 e. The maximum Gasteiger partial charge on any atom is 0.306 e. The fourth-order valence-electron chi connectivity index (χ4n) is 1.71. The Labute approximate surface area is 101 Å². The Morgan fingerprint density at radius 2 is 2.00 bits per heavy atom. The summed E-state index contributed by atoms with van der Waals surface area (Å²) in [4.78, 5) is 10.7. The van der Waals surface area contributed by atoms with Crippen LogP contribution in [0.2, 0.25) is 0 Å². The molecule has 1 aliphatic rings. The SMILES string of the molecule is C[C@@H](CO)NS(=O)(=O)N1CCC(C(=O)O)CC1. The van der Waals surface area contributed by atoms with E-state index in [9.17, 15) is 13.2 Å². The van der Waals surface area contributed by atoms with Crippen molar-refractivity contribution in [3.63, 3.8) is 0 Å². The predicted molar refractivity (Wildman–Crippen MR) is 60.5 cm³/mol. The van der Waals surface area contributed by atoms with Crippen molar-refractivity contribution in [2.45, 2.75) is 25.8 Å². The maximum atomic E-state index is 11.8. The Hall–Kier alpha value is -0.700. The molecule has 0 aliphatic carbocycles. The molecule has 0 bridgehead atoms. The van der Waals surface area contributed by atoms with Crippen LogP contribution in [-0.4, -0.2) is 54.6 Å². The molecule has 0 aromatic rings. The Morgan fingerprint density at radius 1 is 1.47 bits per heavy atom. The molecular formula is C9H18N2O5S. The molecule has 17 heavy (non-hydrogen) atoms. The second kappa shape index (κ2) is 5.76. The molecule has 3 N–H and O–H groups in total. The smallest absolute Gasteiger partial charge is 0.306 e. The maximum absolute atomic E-state index is 11.8. The zero-order valence-corrected chi connectivity index (χ0v) is 10.5. The summed E-state index contributed by atoms with van der Waals surface area (Å²) in [7, 11) is -3.61. The standard InChI is InChI=1S/C9H18N2O5S/c1-7(6-12)10-17(15,16)11-4-2-8(3-5-11)9(13)14/h7-8,10,12H,2-6H2,1H3,(H,13,14)/t7-/m0/s1.